The second-order valence-corrected chi connectivity index (χ2v) is 13.4. The summed E-state index contributed by atoms with van der Waals surface area (Å²) in [5, 5.41) is 1.28. The maximum Gasteiger partial charge on any atom is 0.192 e. The highest BCUT2D eigenvalue weighted by Crippen LogP contribution is 2.49. The molecule has 0 saturated heterocycles. The van der Waals surface area contributed by atoms with Crippen LogP contribution in [0.1, 0.15) is 65.5 Å². The number of pyridine rings is 1. The predicted octanol–water partition coefficient (Wildman–Crippen LogP) is 7.52. The lowest BCUT2D eigenvalue weighted by atomic mass is 10.0. The molecule has 1 fully saturated rings. The Kier molecular flexibility index (Phi) is 7.81. The third-order valence-corrected chi connectivity index (χ3v) is 11.4. The largest absolute Gasteiger partial charge is 0.410 e. The first-order valence-electron chi connectivity index (χ1n) is 9.84. The molecule has 0 radical (unpaired) electrons. The molecule has 3 atom stereocenters. The minimum atomic E-state index is -1.74. The van der Waals surface area contributed by atoms with Gasteiger partial charge in [0.15, 0.2) is 8.32 Å². The third kappa shape index (κ3) is 5.21. The summed E-state index contributed by atoms with van der Waals surface area (Å²) in [6.07, 6.45) is 6.96. The van der Waals surface area contributed by atoms with Crippen LogP contribution in [0.4, 0.5) is 0 Å². The van der Waals surface area contributed by atoms with Crippen LogP contribution in [-0.2, 0) is 4.43 Å². The topological polar surface area (TPSA) is 22.1 Å². The van der Waals surface area contributed by atoms with E-state index in [1.54, 1.807) is 12.4 Å². The molecule has 142 valence electrons. The summed E-state index contributed by atoms with van der Waals surface area (Å²) in [6.45, 7) is 11.5. The molecule has 0 aliphatic heterocycles. The van der Waals surface area contributed by atoms with Gasteiger partial charge < -0.3 is 4.43 Å². The molecule has 0 bridgehead atoms. The fourth-order valence-corrected chi connectivity index (χ4v) is 7.53. The first-order valence-corrected chi connectivity index (χ1v) is 13.1. The van der Waals surface area contributed by atoms with Crippen LogP contribution in [0.3, 0.4) is 0 Å². The molecule has 5 heteroatoms. The summed E-state index contributed by atoms with van der Waals surface area (Å²) in [5.41, 5.74) is 0.951. The summed E-state index contributed by atoms with van der Waals surface area (Å²) in [4.78, 5) is 4.12. The van der Waals surface area contributed by atoms with Crippen LogP contribution in [0, 0.1) is 17.8 Å². The van der Waals surface area contributed by atoms with Gasteiger partial charge in [-0.3, -0.25) is 4.98 Å². The highest BCUT2D eigenvalue weighted by Gasteiger charge is 2.40. The van der Waals surface area contributed by atoms with E-state index in [0.717, 1.165) is 47.9 Å². The van der Waals surface area contributed by atoms with Crippen molar-refractivity contribution in [3.63, 3.8) is 0 Å². The van der Waals surface area contributed by atoms with E-state index in [2.05, 4.69) is 39.6 Å². The number of hydrogen-bond acceptors (Lipinski definition) is 2. The van der Waals surface area contributed by atoms with Crippen molar-refractivity contribution in [1.29, 1.82) is 0 Å². The second-order valence-electron chi connectivity index (χ2n) is 7.85. The molecule has 1 unspecified atom stereocenters. The molecule has 0 amide bonds. The summed E-state index contributed by atoms with van der Waals surface area (Å²) in [6, 6.07) is 3.40. The number of hydrogen-bond donors (Lipinski definition) is 0. The van der Waals surface area contributed by atoms with E-state index < -0.39 is 8.32 Å². The zero-order valence-electron chi connectivity index (χ0n) is 16.3. The highest BCUT2D eigenvalue weighted by atomic mass is 35.5. The van der Waals surface area contributed by atoms with Crippen molar-refractivity contribution in [1.82, 2.24) is 4.98 Å². The molecule has 0 spiro atoms. The maximum absolute atomic E-state index is 6.85. The molecule has 0 N–H and O–H groups in total. The number of nitrogens with zero attached hydrogens (tertiary/aromatic N) is 1. The Morgan fingerprint density at radius 3 is 2.12 bits per heavy atom. The lowest BCUT2D eigenvalue weighted by molar-refractivity contribution is 0.173. The molecular weight excluding hydrogens is 369 g/mol. The van der Waals surface area contributed by atoms with Crippen molar-refractivity contribution < 1.29 is 4.43 Å². The first kappa shape index (κ1) is 21.2. The predicted molar refractivity (Wildman–Crippen MR) is 111 cm³/mol. The van der Waals surface area contributed by atoms with E-state index in [1.807, 2.05) is 0 Å². The summed E-state index contributed by atoms with van der Waals surface area (Å²) < 4.78 is 6.85. The minimum absolute atomic E-state index is 0.00271. The molecule has 2 nitrogen and oxygen atoms in total. The van der Waals surface area contributed by atoms with Crippen LogP contribution in [0.5, 0.6) is 0 Å². The van der Waals surface area contributed by atoms with E-state index in [1.165, 1.54) is 12.8 Å². The standard InChI is InChI=1S/C20H33Cl2NOSi/c1-6-25(7-2,8-3)24-19(10-9-15-11-16(15)14(4)5)20-17(21)12-23-13-18(20)22/h12-16,19H,6-11H2,1-5H3/t15-,16-,19?/m0/s1. The average molecular weight is 402 g/mol. The number of rotatable bonds is 10. The van der Waals surface area contributed by atoms with Gasteiger partial charge in [-0.15, -0.1) is 0 Å². The minimum Gasteiger partial charge on any atom is -0.410 e. The smallest absolute Gasteiger partial charge is 0.192 e. The van der Waals surface area contributed by atoms with E-state index in [-0.39, 0.29) is 6.10 Å². The van der Waals surface area contributed by atoms with Crippen molar-refractivity contribution in [3.8, 4) is 0 Å². The fraction of sp³-hybridized carbons (Fsp3) is 0.750. The fourth-order valence-electron chi connectivity index (χ4n) is 4.08. The molecule has 1 aliphatic carbocycles. The second kappa shape index (κ2) is 9.21. The molecule has 1 heterocycles. The quantitative estimate of drug-likeness (QED) is 0.378. The van der Waals surface area contributed by atoms with Crippen LogP contribution >= 0.6 is 23.2 Å². The van der Waals surface area contributed by atoms with Gasteiger partial charge >= 0.3 is 0 Å². The lowest BCUT2D eigenvalue weighted by Gasteiger charge is -2.34. The molecule has 0 aromatic carbocycles. The molecular formula is C20H33Cl2NOSi. The van der Waals surface area contributed by atoms with Crippen LogP contribution in [-0.4, -0.2) is 13.3 Å². The van der Waals surface area contributed by atoms with E-state index in [4.69, 9.17) is 27.6 Å². The zero-order valence-corrected chi connectivity index (χ0v) is 18.8. The normalized spacial score (nSPS) is 21.6. The van der Waals surface area contributed by atoms with Crippen molar-refractivity contribution in [2.75, 3.05) is 0 Å². The highest BCUT2D eigenvalue weighted by molar-refractivity contribution is 6.73. The summed E-state index contributed by atoms with van der Waals surface area (Å²) >= 11 is 13.0. The monoisotopic (exact) mass is 401 g/mol. The van der Waals surface area contributed by atoms with Gasteiger partial charge in [0.25, 0.3) is 0 Å². The number of halogens is 2. The summed E-state index contributed by atoms with van der Waals surface area (Å²) in [7, 11) is -1.74. The van der Waals surface area contributed by atoms with Crippen molar-refractivity contribution in [3.05, 3.63) is 28.0 Å². The van der Waals surface area contributed by atoms with Crippen LogP contribution in [0.25, 0.3) is 0 Å². The molecule has 1 aromatic heterocycles. The molecule has 2 rings (SSSR count). The molecule has 1 saturated carbocycles. The Labute approximate surface area is 164 Å². The van der Waals surface area contributed by atoms with Gasteiger partial charge in [-0.25, -0.2) is 0 Å². The van der Waals surface area contributed by atoms with E-state index in [9.17, 15) is 0 Å². The van der Waals surface area contributed by atoms with Crippen molar-refractivity contribution in [2.24, 2.45) is 17.8 Å². The summed E-state index contributed by atoms with van der Waals surface area (Å²) in [5.74, 6) is 2.51. The Morgan fingerprint density at radius 2 is 1.68 bits per heavy atom. The first-order chi connectivity index (χ1) is 11.9. The van der Waals surface area contributed by atoms with Gasteiger partial charge in [-0.1, -0.05) is 57.8 Å². The molecule has 1 aliphatic rings. The van der Waals surface area contributed by atoms with Crippen molar-refractivity contribution >= 4 is 31.5 Å². The molecule has 1 aromatic rings. The van der Waals surface area contributed by atoms with Crippen LogP contribution in [0.2, 0.25) is 28.2 Å². The van der Waals surface area contributed by atoms with E-state index in [0.29, 0.717) is 10.0 Å². The maximum atomic E-state index is 6.85. The van der Waals surface area contributed by atoms with Crippen LogP contribution < -0.4 is 0 Å². The zero-order chi connectivity index (χ0) is 18.6. The molecule has 25 heavy (non-hydrogen) atoms. The van der Waals surface area contributed by atoms with Gasteiger partial charge in [0.05, 0.1) is 16.1 Å². The Morgan fingerprint density at radius 1 is 1.12 bits per heavy atom. The average Bonchev–Trinajstić information content (AvgIpc) is 3.37. The Bertz CT molecular complexity index is 534. The van der Waals surface area contributed by atoms with Gasteiger partial charge in [-0.05, 0) is 55.1 Å². The Balaban J connectivity index is 2.19. The van der Waals surface area contributed by atoms with E-state index >= 15 is 0 Å². The number of aromatic nitrogens is 1. The SMILES string of the molecule is CC[Si](CC)(CC)OC(CC[C@H]1C[C@H]1C(C)C)c1c(Cl)cncc1Cl. The van der Waals surface area contributed by atoms with Gasteiger partial charge in [0.2, 0.25) is 0 Å². The Hall–Kier alpha value is -0.0931. The van der Waals surface area contributed by atoms with Gasteiger partial charge in [0.1, 0.15) is 0 Å². The van der Waals surface area contributed by atoms with Crippen LogP contribution in [0.15, 0.2) is 12.4 Å². The van der Waals surface area contributed by atoms with Crippen molar-refractivity contribution in [2.45, 2.75) is 78.1 Å². The lowest BCUT2D eigenvalue weighted by Crippen LogP contribution is -2.37. The third-order valence-electron chi connectivity index (χ3n) is 6.17. The van der Waals surface area contributed by atoms with Gasteiger partial charge in [0, 0.05) is 18.0 Å². The van der Waals surface area contributed by atoms with Gasteiger partial charge in [-0.2, -0.15) is 0 Å².